The zero-order valence-corrected chi connectivity index (χ0v) is 11.5. The topological polar surface area (TPSA) is 65.2 Å². The largest absolute Gasteiger partial charge is 0.462 e. The maximum absolute atomic E-state index is 13.9. The van der Waals surface area contributed by atoms with Crippen LogP contribution in [0.2, 0.25) is 5.02 Å². The van der Waals surface area contributed by atoms with Gasteiger partial charge in [0.05, 0.1) is 17.3 Å². The van der Waals surface area contributed by atoms with Crippen LogP contribution in [0.15, 0.2) is 18.2 Å². The van der Waals surface area contributed by atoms with Crippen LogP contribution in [0.5, 0.6) is 0 Å². The average Bonchev–Trinajstić information content (AvgIpc) is 2.75. The summed E-state index contributed by atoms with van der Waals surface area (Å²) in [6, 6.07) is 4.51. The smallest absolute Gasteiger partial charge is 0.352 e. The molecule has 2 N–H and O–H groups in total. The molecule has 0 bridgehead atoms. The highest BCUT2D eigenvalue weighted by atomic mass is 35.5. The first kappa shape index (κ1) is 13.8. The molecule has 1 aromatic carbocycles. The molecule has 0 amide bonds. The van der Waals surface area contributed by atoms with Gasteiger partial charge in [0.1, 0.15) is 5.69 Å². The Kier molecular flexibility index (Phi) is 4.01. The van der Waals surface area contributed by atoms with Crippen molar-refractivity contribution >= 4 is 34.8 Å². The van der Waals surface area contributed by atoms with Crippen molar-refractivity contribution in [3.8, 4) is 11.3 Å². The number of hydrogen-bond donors (Lipinski definition) is 1. The number of aromatic nitrogens is 1. The van der Waals surface area contributed by atoms with Gasteiger partial charge >= 0.3 is 5.97 Å². The van der Waals surface area contributed by atoms with E-state index in [2.05, 4.69) is 4.37 Å². The van der Waals surface area contributed by atoms with Crippen molar-refractivity contribution in [3.05, 3.63) is 33.9 Å². The first-order chi connectivity index (χ1) is 9.06. The van der Waals surface area contributed by atoms with E-state index in [1.54, 1.807) is 13.0 Å². The minimum atomic E-state index is -0.614. The Morgan fingerprint density at radius 3 is 3.00 bits per heavy atom. The average molecular weight is 301 g/mol. The van der Waals surface area contributed by atoms with Crippen molar-refractivity contribution < 1.29 is 13.9 Å². The second-order valence-electron chi connectivity index (χ2n) is 3.60. The first-order valence-corrected chi connectivity index (χ1v) is 6.58. The molecule has 2 aromatic rings. The third kappa shape index (κ3) is 2.54. The Labute approximate surface area is 118 Å². The maximum atomic E-state index is 13.9. The second-order valence-corrected chi connectivity index (χ2v) is 4.78. The molecule has 0 atom stereocenters. The minimum Gasteiger partial charge on any atom is -0.462 e. The molecule has 2 rings (SSSR count). The Morgan fingerprint density at radius 2 is 2.32 bits per heavy atom. The molecule has 0 saturated carbocycles. The number of hydrogen-bond acceptors (Lipinski definition) is 5. The van der Waals surface area contributed by atoms with Crippen molar-refractivity contribution in [1.29, 1.82) is 0 Å². The van der Waals surface area contributed by atoms with Crippen LogP contribution in [0.25, 0.3) is 11.3 Å². The third-order valence-electron chi connectivity index (χ3n) is 2.40. The number of anilines is 1. The summed E-state index contributed by atoms with van der Waals surface area (Å²) in [5, 5.41) is -0.0254. The van der Waals surface area contributed by atoms with Crippen LogP contribution in [0.1, 0.15) is 16.6 Å². The van der Waals surface area contributed by atoms with Crippen LogP contribution in [0, 0.1) is 5.82 Å². The minimum absolute atomic E-state index is 0.0254. The molecule has 0 aliphatic carbocycles. The molecule has 0 fully saturated rings. The zero-order chi connectivity index (χ0) is 14.0. The van der Waals surface area contributed by atoms with E-state index in [1.807, 2.05) is 0 Å². The van der Waals surface area contributed by atoms with Crippen LogP contribution in [-0.4, -0.2) is 16.9 Å². The van der Waals surface area contributed by atoms with E-state index in [-0.39, 0.29) is 33.5 Å². The molecule has 0 saturated heterocycles. The van der Waals surface area contributed by atoms with Crippen LogP contribution in [0.3, 0.4) is 0 Å². The van der Waals surface area contributed by atoms with Crippen LogP contribution in [0.4, 0.5) is 10.1 Å². The Morgan fingerprint density at radius 1 is 1.58 bits per heavy atom. The lowest BCUT2D eigenvalue weighted by atomic mass is 10.1. The Bertz CT molecular complexity index is 630. The molecule has 19 heavy (non-hydrogen) atoms. The van der Waals surface area contributed by atoms with E-state index >= 15 is 0 Å². The molecule has 0 aliphatic heterocycles. The van der Waals surface area contributed by atoms with Gasteiger partial charge in [-0.3, -0.25) is 0 Å². The summed E-state index contributed by atoms with van der Waals surface area (Å²) in [4.78, 5) is 11.8. The van der Waals surface area contributed by atoms with Gasteiger partial charge in [-0.2, -0.15) is 4.37 Å². The molecule has 0 aliphatic rings. The number of ether oxygens (including phenoxy) is 1. The lowest BCUT2D eigenvalue weighted by Gasteiger charge is -2.03. The first-order valence-electron chi connectivity index (χ1n) is 5.42. The van der Waals surface area contributed by atoms with Crippen molar-refractivity contribution in [2.45, 2.75) is 6.92 Å². The van der Waals surface area contributed by atoms with Crippen molar-refractivity contribution in [3.63, 3.8) is 0 Å². The number of nitrogens with zero attached hydrogens (tertiary/aromatic N) is 1. The van der Waals surface area contributed by atoms with E-state index < -0.39 is 11.8 Å². The molecule has 0 unspecified atom stereocenters. The van der Waals surface area contributed by atoms with E-state index in [0.29, 0.717) is 0 Å². The van der Waals surface area contributed by atoms with Gasteiger partial charge in [-0.15, -0.1) is 0 Å². The van der Waals surface area contributed by atoms with Crippen LogP contribution >= 0.6 is 23.1 Å². The number of nitrogen functional groups attached to an aromatic ring is 1. The highest BCUT2D eigenvalue weighted by molar-refractivity contribution is 7.09. The molecule has 7 heteroatoms. The van der Waals surface area contributed by atoms with Crippen molar-refractivity contribution in [1.82, 2.24) is 4.37 Å². The van der Waals surface area contributed by atoms with Gasteiger partial charge in [-0.1, -0.05) is 17.7 Å². The van der Waals surface area contributed by atoms with Gasteiger partial charge in [-0.25, -0.2) is 9.18 Å². The number of carbonyl (C=O) groups excluding carboxylic acids is 1. The van der Waals surface area contributed by atoms with Crippen molar-refractivity contribution in [2.75, 3.05) is 12.3 Å². The molecule has 1 aromatic heterocycles. The monoisotopic (exact) mass is 300 g/mol. The summed E-state index contributed by atoms with van der Waals surface area (Å²) in [6.07, 6.45) is 0. The molecule has 0 spiro atoms. The fourth-order valence-corrected chi connectivity index (χ4v) is 2.40. The van der Waals surface area contributed by atoms with Crippen molar-refractivity contribution in [2.24, 2.45) is 0 Å². The summed E-state index contributed by atoms with van der Waals surface area (Å²) in [5.74, 6) is -1.18. The number of esters is 1. The molecule has 4 nitrogen and oxygen atoms in total. The number of carbonyl (C=O) groups is 1. The summed E-state index contributed by atoms with van der Waals surface area (Å²) in [5.41, 5.74) is 6.29. The van der Waals surface area contributed by atoms with Gasteiger partial charge in [0.2, 0.25) is 0 Å². The predicted octanol–water partition coefficient (Wildman–Crippen LogP) is 3.36. The Balaban J connectivity index is 2.48. The maximum Gasteiger partial charge on any atom is 0.352 e. The summed E-state index contributed by atoms with van der Waals surface area (Å²) in [7, 11) is 0. The molecule has 100 valence electrons. The molecule has 0 radical (unpaired) electrons. The second kappa shape index (κ2) is 5.54. The number of benzene rings is 1. The summed E-state index contributed by atoms with van der Waals surface area (Å²) in [6.45, 7) is 1.92. The van der Waals surface area contributed by atoms with Gasteiger partial charge < -0.3 is 10.5 Å². The van der Waals surface area contributed by atoms with Gasteiger partial charge in [-0.05, 0) is 30.6 Å². The standard InChI is InChI=1S/C12H10ClFN2O2S/c1-2-18-12(17)11-9(15)10(16-19-11)6-4-3-5-7(13)8(6)14/h3-5H,2,15H2,1H3. The summed E-state index contributed by atoms with van der Waals surface area (Å²) >= 11 is 6.58. The molecular weight excluding hydrogens is 291 g/mol. The van der Waals surface area contributed by atoms with Gasteiger partial charge in [0.15, 0.2) is 10.7 Å². The highest BCUT2D eigenvalue weighted by Crippen LogP contribution is 2.34. The van der Waals surface area contributed by atoms with Crippen LogP contribution in [-0.2, 0) is 4.74 Å². The number of rotatable bonds is 3. The fraction of sp³-hybridized carbons (Fsp3) is 0.167. The lowest BCUT2D eigenvalue weighted by molar-refractivity contribution is 0.0533. The fourth-order valence-electron chi connectivity index (χ4n) is 1.52. The van der Waals surface area contributed by atoms with Gasteiger partial charge in [0, 0.05) is 5.56 Å². The quantitative estimate of drug-likeness (QED) is 0.883. The van der Waals surface area contributed by atoms with E-state index in [9.17, 15) is 9.18 Å². The summed E-state index contributed by atoms with van der Waals surface area (Å²) < 4.78 is 22.7. The van der Waals surface area contributed by atoms with E-state index in [1.165, 1.54) is 12.1 Å². The SMILES string of the molecule is CCOC(=O)c1snc(-c2cccc(Cl)c2F)c1N. The van der Waals surface area contributed by atoms with Gasteiger partial charge in [0.25, 0.3) is 0 Å². The Hall–Kier alpha value is -1.66. The third-order valence-corrected chi connectivity index (χ3v) is 3.53. The lowest BCUT2D eigenvalue weighted by Crippen LogP contribution is -2.05. The zero-order valence-electron chi connectivity index (χ0n) is 9.94. The van der Waals surface area contributed by atoms with Crippen LogP contribution < -0.4 is 5.73 Å². The highest BCUT2D eigenvalue weighted by Gasteiger charge is 2.21. The number of nitrogens with two attached hydrogens (primary N) is 1. The normalized spacial score (nSPS) is 10.5. The molecular formula is C12H10ClFN2O2S. The van der Waals surface area contributed by atoms with E-state index in [0.717, 1.165) is 11.5 Å². The predicted molar refractivity (Wildman–Crippen MR) is 72.9 cm³/mol. The van der Waals surface area contributed by atoms with E-state index in [4.69, 9.17) is 22.1 Å². The number of halogens is 2. The molecule has 1 heterocycles.